The summed E-state index contributed by atoms with van der Waals surface area (Å²) < 4.78 is 5.14. The van der Waals surface area contributed by atoms with Crippen molar-refractivity contribution in [1.29, 1.82) is 0 Å². The van der Waals surface area contributed by atoms with Crippen LogP contribution in [0.4, 0.5) is 11.4 Å². The molecule has 0 heterocycles. The van der Waals surface area contributed by atoms with Crippen LogP contribution in [0.15, 0.2) is 23.1 Å². The zero-order valence-corrected chi connectivity index (χ0v) is 9.12. The summed E-state index contributed by atoms with van der Waals surface area (Å²) in [5.74, 6) is 0.522. The van der Waals surface area contributed by atoms with Gasteiger partial charge in [-0.25, -0.2) is 0 Å². The number of thioether (sulfide) groups is 1. The molecule has 0 fully saturated rings. The molecule has 0 spiro atoms. The monoisotopic (exact) mass is 228 g/mol. The van der Waals surface area contributed by atoms with E-state index in [1.165, 1.54) is 17.8 Å². The molecule has 0 aliphatic rings. The largest absolute Gasteiger partial charge is 0.393 e. The van der Waals surface area contributed by atoms with Crippen LogP contribution < -0.4 is 5.73 Å². The molecule has 1 rings (SSSR count). The lowest BCUT2D eigenvalue weighted by molar-refractivity contribution is -0.383. The standard InChI is InChI=1S/C9H12N2O3S/c1-2-14-6-15-7-3-4-9(11(12)13)8(10)5-7/h3-5H,2,6,10H2,1H3. The first-order chi connectivity index (χ1) is 7.15. The second kappa shape index (κ2) is 5.57. The van der Waals surface area contributed by atoms with Crippen molar-refractivity contribution in [1.82, 2.24) is 0 Å². The third-order valence-corrected chi connectivity index (χ3v) is 2.58. The number of nitro groups is 1. The molecule has 2 N–H and O–H groups in total. The molecule has 0 radical (unpaired) electrons. The van der Waals surface area contributed by atoms with Crippen LogP contribution in [0.1, 0.15) is 6.92 Å². The quantitative estimate of drug-likeness (QED) is 0.209. The van der Waals surface area contributed by atoms with Crippen LogP contribution in [-0.4, -0.2) is 17.5 Å². The van der Waals surface area contributed by atoms with E-state index in [-0.39, 0.29) is 11.4 Å². The Morgan fingerprint density at radius 2 is 2.33 bits per heavy atom. The van der Waals surface area contributed by atoms with Gasteiger partial charge >= 0.3 is 0 Å². The van der Waals surface area contributed by atoms with Crippen molar-refractivity contribution < 1.29 is 9.66 Å². The van der Waals surface area contributed by atoms with Gasteiger partial charge in [0.2, 0.25) is 0 Å². The summed E-state index contributed by atoms with van der Waals surface area (Å²) in [5.41, 5.74) is 5.65. The van der Waals surface area contributed by atoms with E-state index in [0.29, 0.717) is 12.5 Å². The van der Waals surface area contributed by atoms with E-state index in [0.717, 1.165) is 4.90 Å². The molecule has 82 valence electrons. The molecule has 0 saturated heterocycles. The molecular formula is C9H12N2O3S. The van der Waals surface area contributed by atoms with Crippen LogP contribution in [-0.2, 0) is 4.74 Å². The average Bonchev–Trinajstić information content (AvgIpc) is 2.17. The second-order valence-corrected chi connectivity index (χ2v) is 3.73. The van der Waals surface area contributed by atoms with Gasteiger partial charge in [0.15, 0.2) is 0 Å². The fraction of sp³-hybridized carbons (Fsp3) is 0.333. The molecule has 0 bridgehead atoms. The molecule has 0 saturated carbocycles. The Morgan fingerprint density at radius 3 is 2.87 bits per heavy atom. The summed E-state index contributed by atoms with van der Waals surface area (Å²) in [5, 5.41) is 10.5. The molecule has 5 nitrogen and oxygen atoms in total. The number of nitro benzene ring substituents is 1. The summed E-state index contributed by atoms with van der Waals surface area (Å²) in [6.07, 6.45) is 0. The minimum absolute atomic E-state index is 0.0595. The van der Waals surface area contributed by atoms with Crippen LogP contribution in [0.2, 0.25) is 0 Å². The topological polar surface area (TPSA) is 78.4 Å². The first kappa shape index (κ1) is 11.8. The van der Waals surface area contributed by atoms with Crippen LogP contribution >= 0.6 is 11.8 Å². The first-order valence-electron chi connectivity index (χ1n) is 4.39. The maximum Gasteiger partial charge on any atom is 0.292 e. The molecule has 6 heteroatoms. The van der Waals surface area contributed by atoms with Crippen LogP contribution in [0.3, 0.4) is 0 Å². The highest BCUT2D eigenvalue weighted by Gasteiger charge is 2.10. The summed E-state index contributed by atoms with van der Waals surface area (Å²) in [6.45, 7) is 2.56. The van der Waals surface area contributed by atoms with Gasteiger partial charge < -0.3 is 10.5 Å². The van der Waals surface area contributed by atoms with Gasteiger partial charge in [0, 0.05) is 17.6 Å². The number of hydrogen-bond acceptors (Lipinski definition) is 5. The molecule has 15 heavy (non-hydrogen) atoms. The van der Waals surface area contributed by atoms with Crippen molar-refractivity contribution in [2.75, 3.05) is 18.3 Å². The third-order valence-electron chi connectivity index (χ3n) is 1.71. The van der Waals surface area contributed by atoms with E-state index in [2.05, 4.69) is 0 Å². The molecule has 0 unspecified atom stereocenters. The van der Waals surface area contributed by atoms with E-state index < -0.39 is 4.92 Å². The zero-order chi connectivity index (χ0) is 11.3. The SMILES string of the molecule is CCOCSc1ccc([N+](=O)[O-])c(N)c1. The van der Waals surface area contributed by atoms with Crippen molar-refractivity contribution in [2.45, 2.75) is 11.8 Å². The number of rotatable bonds is 5. The summed E-state index contributed by atoms with van der Waals surface area (Å²) in [4.78, 5) is 10.9. The lowest BCUT2D eigenvalue weighted by atomic mass is 10.3. The molecule has 1 aromatic rings. The van der Waals surface area contributed by atoms with Crippen LogP contribution in [0.25, 0.3) is 0 Å². The lowest BCUT2D eigenvalue weighted by Crippen LogP contribution is -1.95. The van der Waals surface area contributed by atoms with Crippen molar-refractivity contribution in [2.24, 2.45) is 0 Å². The highest BCUT2D eigenvalue weighted by atomic mass is 32.2. The fourth-order valence-corrected chi connectivity index (χ4v) is 1.74. The Kier molecular flexibility index (Phi) is 4.38. The fourth-order valence-electron chi connectivity index (χ4n) is 0.982. The number of nitrogens with two attached hydrogens (primary N) is 1. The molecule has 0 aliphatic carbocycles. The van der Waals surface area contributed by atoms with E-state index in [9.17, 15) is 10.1 Å². The molecule has 1 aromatic carbocycles. The molecule has 0 aliphatic heterocycles. The number of nitrogen functional groups attached to an aromatic ring is 1. The van der Waals surface area contributed by atoms with Crippen molar-refractivity contribution in [3.8, 4) is 0 Å². The number of nitrogens with zero attached hydrogens (tertiary/aromatic N) is 1. The number of anilines is 1. The molecule has 0 atom stereocenters. The number of benzene rings is 1. The minimum Gasteiger partial charge on any atom is -0.393 e. The highest BCUT2D eigenvalue weighted by Crippen LogP contribution is 2.27. The summed E-state index contributed by atoms with van der Waals surface area (Å²) in [6, 6.07) is 4.66. The zero-order valence-electron chi connectivity index (χ0n) is 8.30. The van der Waals surface area contributed by atoms with Crippen molar-refractivity contribution >= 4 is 23.1 Å². The maximum atomic E-state index is 10.5. The van der Waals surface area contributed by atoms with E-state index in [1.54, 1.807) is 12.1 Å². The Morgan fingerprint density at radius 1 is 1.60 bits per heavy atom. The maximum absolute atomic E-state index is 10.5. The smallest absolute Gasteiger partial charge is 0.292 e. The van der Waals surface area contributed by atoms with E-state index >= 15 is 0 Å². The van der Waals surface area contributed by atoms with Gasteiger partial charge in [0.1, 0.15) is 5.69 Å². The van der Waals surface area contributed by atoms with Crippen LogP contribution in [0.5, 0.6) is 0 Å². The van der Waals surface area contributed by atoms with Crippen molar-refractivity contribution in [3.05, 3.63) is 28.3 Å². The Bertz CT molecular complexity index is 357. The van der Waals surface area contributed by atoms with Crippen molar-refractivity contribution in [3.63, 3.8) is 0 Å². The summed E-state index contributed by atoms with van der Waals surface area (Å²) in [7, 11) is 0. The summed E-state index contributed by atoms with van der Waals surface area (Å²) >= 11 is 1.45. The van der Waals surface area contributed by atoms with Gasteiger partial charge in [-0.1, -0.05) is 11.8 Å². The van der Waals surface area contributed by atoms with Gasteiger partial charge in [-0.15, -0.1) is 0 Å². The van der Waals surface area contributed by atoms with E-state index in [1.807, 2.05) is 6.92 Å². The second-order valence-electron chi connectivity index (χ2n) is 2.73. The van der Waals surface area contributed by atoms with Crippen LogP contribution in [0, 0.1) is 10.1 Å². The van der Waals surface area contributed by atoms with E-state index in [4.69, 9.17) is 10.5 Å². The van der Waals surface area contributed by atoms with Gasteiger partial charge in [0.05, 0.1) is 10.9 Å². The van der Waals surface area contributed by atoms with Gasteiger partial charge in [-0.3, -0.25) is 10.1 Å². The Hall–Kier alpha value is -1.27. The van der Waals surface area contributed by atoms with Gasteiger partial charge in [0.25, 0.3) is 5.69 Å². The predicted molar refractivity (Wildman–Crippen MR) is 59.9 cm³/mol. The normalized spacial score (nSPS) is 10.2. The lowest BCUT2D eigenvalue weighted by Gasteiger charge is -2.03. The third kappa shape index (κ3) is 3.41. The predicted octanol–water partition coefficient (Wildman–Crippen LogP) is 2.26. The minimum atomic E-state index is -0.494. The van der Waals surface area contributed by atoms with Gasteiger partial charge in [-0.2, -0.15) is 0 Å². The Balaban J connectivity index is 2.69. The molecule has 0 amide bonds. The number of ether oxygens (including phenoxy) is 1. The highest BCUT2D eigenvalue weighted by molar-refractivity contribution is 7.99. The Labute approximate surface area is 91.8 Å². The van der Waals surface area contributed by atoms with Gasteiger partial charge in [-0.05, 0) is 19.1 Å². The number of hydrogen-bond donors (Lipinski definition) is 1. The molecular weight excluding hydrogens is 216 g/mol. The average molecular weight is 228 g/mol. The first-order valence-corrected chi connectivity index (χ1v) is 5.38. The molecule has 0 aromatic heterocycles.